The zero-order valence-electron chi connectivity index (χ0n) is 16.1. The number of halogens is 1. The van der Waals surface area contributed by atoms with Crippen molar-refractivity contribution in [3.8, 4) is 0 Å². The maximum atomic E-state index is 13.4. The van der Waals surface area contributed by atoms with Gasteiger partial charge in [0.1, 0.15) is 5.70 Å². The molecule has 4 nitrogen and oxygen atoms in total. The van der Waals surface area contributed by atoms with Crippen molar-refractivity contribution in [2.24, 2.45) is 0 Å². The lowest BCUT2D eigenvalue weighted by atomic mass is 10.0. The number of carbonyl (C=O) groups is 2. The van der Waals surface area contributed by atoms with Crippen LogP contribution in [0, 0.1) is 13.8 Å². The van der Waals surface area contributed by atoms with Crippen LogP contribution in [-0.2, 0) is 9.59 Å². The van der Waals surface area contributed by atoms with Crippen molar-refractivity contribution in [2.75, 3.05) is 10.2 Å². The second kappa shape index (κ2) is 7.57. The van der Waals surface area contributed by atoms with Crippen molar-refractivity contribution in [3.63, 3.8) is 0 Å². The molecule has 3 aromatic rings. The van der Waals surface area contributed by atoms with E-state index in [1.807, 2.05) is 68.4 Å². The van der Waals surface area contributed by atoms with E-state index >= 15 is 0 Å². The molecule has 29 heavy (non-hydrogen) atoms. The van der Waals surface area contributed by atoms with E-state index in [4.69, 9.17) is 11.6 Å². The summed E-state index contributed by atoms with van der Waals surface area (Å²) >= 11 is 6.06. The van der Waals surface area contributed by atoms with Crippen LogP contribution in [0.2, 0.25) is 5.02 Å². The first kappa shape index (κ1) is 19.0. The molecule has 4 rings (SSSR count). The van der Waals surface area contributed by atoms with Crippen molar-refractivity contribution >= 4 is 40.4 Å². The average Bonchev–Trinajstić information content (AvgIpc) is 2.94. The van der Waals surface area contributed by atoms with Gasteiger partial charge in [-0.1, -0.05) is 59.6 Å². The van der Waals surface area contributed by atoms with Gasteiger partial charge >= 0.3 is 0 Å². The summed E-state index contributed by atoms with van der Waals surface area (Å²) in [5.41, 5.74) is 4.41. The molecule has 1 N–H and O–H groups in total. The molecule has 0 radical (unpaired) electrons. The highest BCUT2D eigenvalue weighted by Crippen LogP contribution is 2.35. The molecule has 0 spiro atoms. The summed E-state index contributed by atoms with van der Waals surface area (Å²) in [4.78, 5) is 28.0. The SMILES string of the molecule is Cc1ccc(C2=C(Nc3ccccc3)C(=O)N(c3ccc(Cl)cc3C)C2=O)cc1. The Kier molecular flexibility index (Phi) is 4.95. The maximum absolute atomic E-state index is 13.4. The number of nitrogens with one attached hydrogen (secondary N) is 1. The van der Waals surface area contributed by atoms with E-state index in [2.05, 4.69) is 5.32 Å². The average molecular weight is 403 g/mol. The Labute approximate surface area is 174 Å². The van der Waals surface area contributed by atoms with Gasteiger partial charge in [-0.3, -0.25) is 9.59 Å². The minimum Gasteiger partial charge on any atom is -0.350 e. The fourth-order valence-electron chi connectivity index (χ4n) is 3.39. The molecule has 0 aliphatic carbocycles. The lowest BCUT2D eigenvalue weighted by molar-refractivity contribution is -0.120. The molecule has 0 atom stereocenters. The number of rotatable bonds is 4. The first-order valence-corrected chi connectivity index (χ1v) is 9.62. The molecule has 1 aliphatic heterocycles. The Hall–Kier alpha value is -3.37. The minimum absolute atomic E-state index is 0.263. The van der Waals surface area contributed by atoms with Crippen LogP contribution in [0.15, 0.2) is 78.5 Å². The van der Waals surface area contributed by atoms with Gasteiger partial charge in [0.25, 0.3) is 11.8 Å². The molecule has 0 fully saturated rings. The van der Waals surface area contributed by atoms with Crippen LogP contribution in [0.25, 0.3) is 5.57 Å². The van der Waals surface area contributed by atoms with Crippen molar-refractivity contribution in [1.82, 2.24) is 0 Å². The number of benzene rings is 3. The van der Waals surface area contributed by atoms with Crippen molar-refractivity contribution < 1.29 is 9.59 Å². The predicted molar refractivity (Wildman–Crippen MR) is 117 cm³/mol. The van der Waals surface area contributed by atoms with E-state index in [9.17, 15) is 9.59 Å². The number of hydrogen-bond donors (Lipinski definition) is 1. The number of amides is 2. The lowest BCUT2D eigenvalue weighted by Crippen LogP contribution is -2.33. The normalized spacial score (nSPS) is 14.0. The summed E-state index contributed by atoms with van der Waals surface area (Å²) in [7, 11) is 0. The van der Waals surface area contributed by atoms with Gasteiger partial charge in [0.15, 0.2) is 0 Å². The third-order valence-electron chi connectivity index (χ3n) is 4.87. The summed E-state index contributed by atoms with van der Waals surface area (Å²) < 4.78 is 0. The van der Waals surface area contributed by atoms with E-state index in [0.29, 0.717) is 21.8 Å². The van der Waals surface area contributed by atoms with Crippen LogP contribution >= 0.6 is 11.6 Å². The largest absolute Gasteiger partial charge is 0.350 e. The quantitative estimate of drug-likeness (QED) is 0.598. The van der Waals surface area contributed by atoms with Crippen molar-refractivity contribution in [2.45, 2.75) is 13.8 Å². The summed E-state index contributed by atoms with van der Waals surface area (Å²) in [5, 5.41) is 3.71. The minimum atomic E-state index is -0.389. The van der Waals surface area contributed by atoms with Crippen molar-refractivity contribution in [1.29, 1.82) is 0 Å². The van der Waals surface area contributed by atoms with Crippen LogP contribution in [0.3, 0.4) is 0 Å². The summed E-state index contributed by atoms with van der Waals surface area (Å²) in [5.74, 6) is -0.748. The molecule has 0 saturated carbocycles. The molecule has 0 unspecified atom stereocenters. The van der Waals surface area contributed by atoms with Gasteiger partial charge in [-0.25, -0.2) is 4.90 Å². The standard InChI is InChI=1S/C24H19ClN2O2/c1-15-8-10-17(11-9-15)21-22(26-19-6-4-3-5-7-19)24(29)27(23(21)28)20-13-12-18(25)14-16(20)2/h3-14,26H,1-2H3. The van der Waals surface area contributed by atoms with Crippen molar-refractivity contribution in [3.05, 3.63) is 100 Å². The first-order valence-electron chi connectivity index (χ1n) is 9.24. The zero-order valence-corrected chi connectivity index (χ0v) is 16.8. The summed E-state index contributed by atoms with van der Waals surface area (Å²) in [6.45, 7) is 3.81. The Bertz CT molecular complexity index is 1140. The molecule has 144 valence electrons. The number of nitrogens with zero attached hydrogens (tertiary/aromatic N) is 1. The van der Waals surface area contributed by atoms with Gasteiger partial charge in [0.2, 0.25) is 0 Å². The molecular weight excluding hydrogens is 384 g/mol. The topological polar surface area (TPSA) is 49.4 Å². The van der Waals surface area contributed by atoms with E-state index in [0.717, 1.165) is 16.8 Å². The first-order chi connectivity index (χ1) is 14.0. The molecule has 2 amide bonds. The fraction of sp³-hybridized carbons (Fsp3) is 0.0833. The van der Waals surface area contributed by atoms with E-state index in [1.165, 1.54) is 4.90 Å². The highest BCUT2D eigenvalue weighted by Gasteiger charge is 2.40. The summed E-state index contributed by atoms with van der Waals surface area (Å²) in [6.07, 6.45) is 0. The molecule has 3 aromatic carbocycles. The highest BCUT2D eigenvalue weighted by atomic mass is 35.5. The predicted octanol–water partition coefficient (Wildman–Crippen LogP) is 5.35. The monoisotopic (exact) mass is 402 g/mol. The molecule has 5 heteroatoms. The number of imide groups is 1. The van der Waals surface area contributed by atoms with E-state index in [1.54, 1.807) is 18.2 Å². The lowest BCUT2D eigenvalue weighted by Gasteiger charge is -2.18. The molecule has 1 aliphatic rings. The molecule has 0 bridgehead atoms. The van der Waals surface area contributed by atoms with Gasteiger partial charge in [-0.2, -0.15) is 0 Å². The third-order valence-corrected chi connectivity index (χ3v) is 5.10. The number of hydrogen-bond acceptors (Lipinski definition) is 3. The Morgan fingerprint density at radius 1 is 0.828 bits per heavy atom. The second-order valence-corrected chi connectivity index (χ2v) is 7.42. The van der Waals surface area contributed by atoms with Gasteiger partial charge < -0.3 is 5.32 Å². The van der Waals surface area contributed by atoms with Crippen LogP contribution in [0.5, 0.6) is 0 Å². The third kappa shape index (κ3) is 3.55. The van der Waals surface area contributed by atoms with E-state index in [-0.39, 0.29) is 17.5 Å². The highest BCUT2D eigenvalue weighted by molar-refractivity contribution is 6.46. The summed E-state index contributed by atoms with van der Waals surface area (Å²) in [6, 6.07) is 22.0. The van der Waals surface area contributed by atoms with Crippen LogP contribution in [0.1, 0.15) is 16.7 Å². The van der Waals surface area contributed by atoms with Crippen LogP contribution in [-0.4, -0.2) is 11.8 Å². The number of carbonyl (C=O) groups excluding carboxylic acids is 2. The second-order valence-electron chi connectivity index (χ2n) is 6.98. The molecule has 0 saturated heterocycles. The molecular formula is C24H19ClN2O2. The maximum Gasteiger partial charge on any atom is 0.282 e. The Morgan fingerprint density at radius 3 is 2.17 bits per heavy atom. The fourth-order valence-corrected chi connectivity index (χ4v) is 3.61. The zero-order chi connectivity index (χ0) is 20.5. The molecule has 1 heterocycles. The van der Waals surface area contributed by atoms with Gasteiger partial charge in [-0.15, -0.1) is 0 Å². The van der Waals surface area contributed by atoms with Gasteiger partial charge in [0, 0.05) is 10.7 Å². The van der Waals surface area contributed by atoms with Crippen LogP contribution in [0.4, 0.5) is 11.4 Å². The Balaban J connectivity index is 1.84. The number of anilines is 2. The number of aryl methyl sites for hydroxylation is 2. The van der Waals surface area contributed by atoms with Gasteiger partial charge in [-0.05, 0) is 55.3 Å². The molecule has 0 aromatic heterocycles. The van der Waals surface area contributed by atoms with Gasteiger partial charge in [0.05, 0.1) is 11.3 Å². The number of para-hydroxylation sites is 1. The van der Waals surface area contributed by atoms with E-state index < -0.39 is 0 Å². The van der Waals surface area contributed by atoms with Crippen LogP contribution < -0.4 is 10.2 Å². The Morgan fingerprint density at radius 2 is 1.52 bits per heavy atom. The smallest absolute Gasteiger partial charge is 0.282 e.